The highest BCUT2D eigenvalue weighted by Gasteiger charge is 2.30. The van der Waals surface area contributed by atoms with Gasteiger partial charge in [-0.3, -0.25) is 9.36 Å². The molecule has 2 N–H and O–H groups in total. The van der Waals surface area contributed by atoms with E-state index in [-0.39, 0.29) is 17.6 Å². The number of imidazole rings is 1. The molecule has 1 atom stereocenters. The summed E-state index contributed by atoms with van der Waals surface area (Å²) in [7, 11) is 0. The minimum absolute atomic E-state index is 0.0590. The van der Waals surface area contributed by atoms with Crippen molar-refractivity contribution >= 4 is 23.3 Å². The first-order valence-corrected chi connectivity index (χ1v) is 7.91. The van der Waals surface area contributed by atoms with Gasteiger partial charge in [0.1, 0.15) is 17.9 Å². The predicted octanol–water partition coefficient (Wildman–Crippen LogP) is 3.71. The number of halogens is 1. The molecule has 1 aliphatic heterocycles. The Balaban J connectivity index is 1.80. The number of carbonyl (C=O) groups excluding carboxylic acids is 1. The first-order chi connectivity index (χ1) is 11.6. The van der Waals surface area contributed by atoms with Crippen LogP contribution in [0.4, 0.5) is 5.82 Å². The number of aromatic hydroxyl groups is 1. The van der Waals surface area contributed by atoms with Crippen molar-refractivity contribution in [2.24, 2.45) is 0 Å². The summed E-state index contributed by atoms with van der Waals surface area (Å²) in [5.74, 6) is 0.678. The van der Waals surface area contributed by atoms with E-state index >= 15 is 0 Å². The fraction of sp³-hybridized carbons (Fsp3) is 0.111. The molecule has 3 aromatic rings. The number of rotatable bonds is 2. The second-order valence-corrected chi connectivity index (χ2v) is 6.16. The van der Waals surface area contributed by atoms with E-state index in [1.807, 2.05) is 28.8 Å². The monoisotopic (exact) mass is 339 g/mol. The molecular weight excluding hydrogens is 326 g/mol. The molecule has 5 nitrogen and oxygen atoms in total. The summed E-state index contributed by atoms with van der Waals surface area (Å²) in [5.41, 5.74) is 2.64. The third-order valence-corrected chi connectivity index (χ3v) is 4.43. The van der Waals surface area contributed by atoms with Crippen molar-refractivity contribution in [1.29, 1.82) is 0 Å². The van der Waals surface area contributed by atoms with Crippen LogP contribution in [0.1, 0.15) is 23.6 Å². The number of aromatic nitrogens is 2. The zero-order valence-corrected chi connectivity index (χ0v) is 13.4. The van der Waals surface area contributed by atoms with Gasteiger partial charge in [-0.2, -0.15) is 0 Å². The number of hydrogen-bond acceptors (Lipinski definition) is 3. The average molecular weight is 340 g/mol. The Bertz CT molecular complexity index is 901. The minimum Gasteiger partial charge on any atom is -0.508 e. The average Bonchev–Trinajstić information content (AvgIpc) is 2.99. The Kier molecular flexibility index (Phi) is 3.50. The van der Waals surface area contributed by atoms with E-state index in [4.69, 9.17) is 11.6 Å². The van der Waals surface area contributed by atoms with Crippen LogP contribution in [0, 0.1) is 0 Å². The third-order valence-electron chi connectivity index (χ3n) is 4.17. The molecule has 4 rings (SSSR count). The van der Waals surface area contributed by atoms with Gasteiger partial charge in [-0.15, -0.1) is 0 Å². The maximum absolute atomic E-state index is 12.2. The smallest absolute Gasteiger partial charge is 0.226 e. The SMILES string of the molecule is O=C1CC(c2ccc(O)cc2)c2ncn(-c3ccc(Cl)cc3)c2N1. The van der Waals surface area contributed by atoms with Crippen molar-refractivity contribution in [3.63, 3.8) is 0 Å². The molecule has 0 saturated heterocycles. The maximum atomic E-state index is 12.2. The second-order valence-electron chi connectivity index (χ2n) is 5.72. The number of carbonyl (C=O) groups is 1. The number of fused-ring (bicyclic) bond motifs is 1. The molecule has 0 saturated carbocycles. The molecule has 0 aliphatic carbocycles. The molecule has 0 fully saturated rings. The van der Waals surface area contributed by atoms with Gasteiger partial charge in [-0.25, -0.2) is 4.98 Å². The highest BCUT2D eigenvalue weighted by atomic mass is 35.5. The van der Waals surface area contributed by atoms with Crippen molar-refractivity contribution in [1.82, 2.24) is 9.55 Å². The molecule has 1 amide bonds. The molecule has 6 heteroatoms. The first-order valence-electron chi connectivity index (χ1n) is 7.54. The highest BCUT2D eigenvalue weighted by molar-refractivity contribution is 6.30. The van der Waals surface area contributed by atoms with E-state index in [0.29, 0.717) is 17.3 Å². The molecule has 1 aromatic heterocycles. The second kappa shape index (κ2) is 5.69. The van der Waals surface area contributed by atoms with E-state index in [2.05, 4.69) is 10.3 Å². The van der Waals surface area contributed by atoms with Crippen molar-refractivity contribution < 1.29 is 9.90 Å². The molecule has 24 heavy (non-hydrogen) atoms. The Labute approximate surface area is 143 Å². The fourth-order valence-corrected chi connectivity index (χ4v) is 3.11. The summed E-state index contributed by atoms with van der Waals surface area (Å²) in [5, 5.41) is 13.0. The van der Waals surface area contributed by atoms with Crippen molar-refractivity contribution in [2.75, 3.05) is 5.32 Å². The molecule has 0 bridgehead atoms. The van der Waals surface area contributed by atoms with Gasteiger partial charge >= 0.3 is 0 Å². The van der Waals surface area contributed by atoms with Gasteiger partial charge in [-0.1, -0.05) is 23.7 Å². The largest absolute Gasteiger partial charge is 0.508 e. The summed E-state index contributed by atoms with van der Waals surface area (Å²) >= 11 is 5.94. The fourth-order valence-electron chi connectivity index (χ4n) is 2.99. The summed E-state index contributed by atoms with van der Waals surface area (Å²) in [4.78, 5) is 16.7. The molecule has 0 spiro atoms. The predicted molar refractivity (Wildman–Crippen MR) is 91.8 cm³/mol. The third kappa shape index (κ3) is 2.53. The number of phenolic OH excluding ortho intramolecular Hbond substituents is 1. The number of phenols is 1. The molecule has 120 valence electrons. The number of nitrogens with one attached hydrogen (secondary N) is 1. The standard InChI is InChI=1S/C18H14ClN3O2/c19-12-3-5-13(6-4-12)22-10-20-17-15(9-16(24)21-18(17)22)11-1-7-14(23)8-2-11/h1-8,10,15,23H,9H2,(H,21,24). The number of anilines is 1. The van der Waals surface area contributed by atoms with Crippen LogP contribution >= 0.6 is 11.6 Å². The van der Waals surface area contributed by atoms with Crippen LogP contribution in [0.3, 0.4) is 0 Å². The Morgan fingerprint density at radius 2 is 1.83 bits per heavy atom. The molecule has 0 radical (unpaired) electrons. The van der Waals surface area contributed by atoms with Crippen LogP contribution < -0.4 is 5.32 Å². The lowest BCUT2D eigenvalue weighted by molar-refractivity contribution is -0.116. The zero-order valence-electron chi connectivity index (χ0n) is 12.6. The van der Waals surface area contributed by atoms with Crippen molar-refractivity contribution in [3.8, 4) is 11.4 Å². The quantitative estimate of drug-likeness (QED) is 0.748. The van der Waals surface area contributed by atoms with Gasteiger partial charge in [-0.05, 0) is 42.0 Å². The zero-order chi connectivity index (χ0) is 16.7. The Hall–Kier alpha value is -2.79. The number of nitrogens with zero attached hydrogens (tertiary/aromatic N) is 2. The van der Waals surface area contributed by atoms with Crippen molar-refractivity contribution in [2.45, 2.75) is 12.3 Å². The molecule has 2 aromatic carbocycles. The topological polar surface area (TPSA) is 67.1 Å². The van der Waals surface area contributed by atoms with Gasteiger partial charge in [0, 0.05) is 23.0 Å². The normalized spacial score (nSPS) is 16.5. The van der Waals surface area contributed by atoms with E-state index in [1.54, 1.807) is 30.6 Å². The molecule has 1 unspecified atom stereocenters. The highest BCUT2D eigenvalue weighted by Crippen LogP contribution is 2.37. The van der Waals surface area contributed by atoms with Crippen LogP contribution in [0.15, 0.2) is 54.9 Å². The molecule has 2 heterocycles. The summed E-state index contributed by atoms with van der Waals surface area (Å²) in [6.07, 6.45) is 2.03. The van der Waals surface area contributed by atoms with Crippen LogP contribution in [0.25, 0.3) is 5.69 Å². The lowest BCUT2D eigenvalue weighted by atomic mass is 9.90. The Morgan fingerprint density at radius 1 is 1.12 bits per heavy atom. The van der Waals surface area contributed by atoms with Crippen LogP contribution in [0.2, 0.25) is 5.02 Å². The molecule has 1 aliphatic rings. The maximum Gasteiger partial charge on any atom is 0.226 e. The van der Waals surface area contributed by atoms with Crippen molar-refractivity contribution in [3.05, 3.63) is 71.1 Å². The van der Waals surface area contributed by atoms with Crippen LogP contribution in [-0.4, -0.2) is 20.6 Å². The summed E-state index contributed by atoms with van der Waals surface area (Å²) in [6, 6.07) is 14.2. The van der Waals surface area contributed by atoms with E-state index < -0.39 is 0 Å². The van der Waals surface area contributed by atoms with Gasteiger partial charge in [0.25, 0.3) is 0 Å². The summed E-state index contributed by atoms with van der Waals surface area (Å²) < 4.78 is 1.84. The lowest BCUT2D eigenvalue weighted by Crippen LogP contribution is -2.24. The van der Waals surface area contributed by atoms with Gasteiger partial charge < -0.3 is 10.4 Å². The van der Waals surface area contributed by atoms with E-state index in [0.717, 1.165) is 16.9 Å². The number of hydrogen-bond donors (Lipinski definition) is 2. The van der Waals surface area contributed by atoms with Crippen LogP contribution in [0.5, 0.6) is 5.75 Å². The Morgan fingerprint density at radius 3 is 2.54 bits per heavy atom. The number of benzene rings is 2. The van der Waals surface area contributed by atoms with Crippen LogP contribution in [-0.2, 0) is 4.79 Å². The minimum atomic E-state index is -0.136. The lowest BCUT2D eigenvalue weighted by Gasteiger charge is -2.23. The van der Waals surface area contributed by atoms with Gasteiger partial charge in [0.2, 0.25) is 5.91 Å². The first kappa shape index (κ1) is 14.8. The summed E-state index contributed by atoms with van der Waals surface area (Å²) in [6.45, 7) is 0. The molecular formula is C18H14ClN3O2. The van der Waals surface area contributed by atoms with Gasteiger partial charge in [0.15, 0.2) is 0 Å². The van der Waals surface area contributed by atoms with E-state index in [9.17, 15) is 9.90 Å². The number of amides is 1. The van der Waals surface area contributed by atoms with E-state index in [1.165, 1.54) is 0 Å². The van der Waals surface area contributed by atoms with Gasteiger partial charge in [0.05, 0.1) is 5.69 Å².